The third-order valence-corrected chi connectivity index (χ3v) is 3.48. The first-order valence-corrected chi connectivity index (χ1v) is 7.26. The fourth-order valence-electron chi connectivity index (χ4n) is 2.21. The maximum atomic E-state index is 12.2. The van der Waals surface area contributed by atoms with Gasteiger partial charge in [0.15, 0.2) is 0 Å². The number of rotatable bonds is 5. The third kappa shape index (κ3) is 3.35. The summed E-state index contributed by atoms with van der Waals surface area (Å²) in [5.41, 5.74) is 1.08. The molecule has 0 aliphatic heterocycles. The molecule has 3 rings (SSSR count). The smallest absolute Gasteiger partial charge is 0.255 e. The molecule has 0 fully saturated rings. The highest BCUT2D eigenvalue weighted by atomic mass is 16.5. The van der Waals surface area contributed by atoms with Crippen LogP contribution in [0.5, 0.6) is 11.5 Å². The van der Waals surface area contributed by atoms with Gasteiger partial charge in [-0.1, -0.05) is 0 Å². The molecule has 2 aromatic heterocycles. The maximum Gasteiger partial charge on any atom is 0.255 e. The van der Waals surface area contributed by atoms with Crippen molar-refractivity contribution in [3.8, 4) is 17.3 Å². The number of aromatic hydroxyl groups is 1. The van der Waals surface area contributed by atoms with Gasteiger partial charge in [-0.05, 0) is 29.8 Å². The van der Waals surface area contributed by atoms with Crippen LogP contribution < -0.4 is 10.1 Å². The van der Waals surface area contributed by atoms with Gasteiger partial charge in [0, 0.05) is 31.2 Å². The highest BCUT2D eigenvalue weighted by molar-refractivity contribution is 5.96. The average molecular weight is 324 g/mol. The van der Waals surface area contributed by atoms with Crippen molar-refractivity contribution in [2.75, 3.05) is 7.11 Å². The number of aromatic nitrogens is 3. The molecule has 0 atom stereocenters. The highest BCUT2D eigenvalue weighted by Gasteiger charge is 2.12. The fraction of sp³-hybridized carbons (Fsp3) is 0.118. The van der Waals surface area contributed by atoms with Crippen molar-refractivity contribution in [1.29, 1.82) is 0 Å². The lowest BCUT2D eigenvalue weighted by atomic mass is 10.1. The Labute approximate surface area is 138 Å². The summed E-state index contributed by atoms with van der Waals surface area (Å²) in [5.74, 6) is 0.714. The lowest BCUT2D eigenvalue weighted by Crippen LogP contribution is -2.23. The van der Waals surface area contributed by atoms with Crippen LogP contribution in [0, 0.1) is 0 Å². The second kappa shape index (κ2) is 6.82. The predicted molar refractivity (Wildman–Crippen MR) is 87.2 cm³/mol. The molecule has 0 saturated carbocycles. The van der Waals surface area contributed by atoms with Gasteiger partial charge in [0.1, 0.15) is 23.6 Å². The van der Waals surface area contributed by atoms with E-state index in [9.17, 15) is 9.90 Å². The molecule has 0 bridgehead atoms. The summed E-state index contributed by atoms with van der Waals surface area (Å²) < 4.78 is 6.78. The number of hydrogen-bond acceptors (Lipinski definition) is 5. The Morgan fingerprint density at radius 3 is 2.88 bits per heavy atom. The summed E-state index contributed by atoms with van der Waals surface area (Å²) in [5, 5.41) is 12.7. The zero-order chi connectivity index (χ0) is 16.9. The average Bonchev–Trinajstić information content (AvgIpc) is 3.14. The van der Waals surface area contributed by atoms with E-state index in [2.05, 4.69) is 15.3 Å². The van der Waals surface area contributed by atoms with Crippen LogP contribution >= 0.6 is 0 Å². The minimum absolute atomic E-state index is 0.124. The van der Waals surface area contributed by atoms with Crippen molar-refractivity contribution in [1.82, 2.24) is 19.9 Å². The molecule has 1 amide bonds. The van der Waals surface area contributed by atoms with E-state index in [-0.39, 0.29) is 17.2 Å². The van der Waals surface area contributed by atoms with Crippen molar-refractivity contribution in [3.05, 3.63) is 66.4 Å². The summed E-state index contributed by atoms with van der Waals surface area (Å²) in [6.07, 6.45) is 6.78. The van der Waals surface area contributed by atoms with Crippen LogP contribution in [-0.4, -0.2) is 32.7 Å². The van der Waals surface area contributed by atoms with Crippen LogP contribution in [0.2, 0.25) is 0 Å². The van der Waals surface area contributed by atoms with Gasteiger partial charge in [-0.2, -0.15) is 0 Å². The molecule has 122 valence electrons. The van der Waals surface area contributed by atoms with Crippen molar-refractivity contribution < 1.29 is 14.6 Å². The molecule has 2 N–H and O–H groups in total. The van der Waals surface area contributed by atoms with Gasteiger partial charge in [-0.15, -0.1) is 0 Å². The topological polar surface area (TPSA) is 89.3 Å². The Morgan fingerprint density at radius 2 is 2.17 bits per heavy atom. The summed E-state index contributed by atoms with van der Waals surface area (Å²) in [7, 11) is 1.50. The minimum atomic E-state index is -0.365. The summed E-state index contributed by atoms with van der Waals surface area (Å²) in [4.78, 5) is 20.4. The number of ether oxygens (including phenoxy) is 1. The van der Waals surface area contributed by atoms with E-state index < -0.39 is 0 Å². The number of hydrogen-bond donors (Lipinski definition) is 2. The number of phenols is 1. The number of methoxy groups -OCH3 is 1. The van der Waals surface area contributed by atoms with Crippen LogP contribution in [0.4, 0.5) is 0 Å². The SMILES string of the molecule is COc1ccc(C(=O)NCc2ccnc(-n3ccnc3)c2)c(O)c1. The van der Waals surface area contributed by atoms with Gasteiger partial charge < -0.3 is 15.2 Å². The Kier molecular flexibility index (Phi) is 4.42. The van der Waals surface area contributed by atoms with Crippen molar-refractivity contribution in [2.45, 2.75) is 6.54 Å². The molecule has 3 aromatic rings. The van der Waals surface area contributed by atoms with Gasteiger partial charge in [0.05, 0.1) is 12.7 Å². The number of carbonyl (C=O) groups excluding carboxylic acids is 1. The van der Waals surface area contributed by atoms with Crippen molar-refractivity contribution in [3.63, 3.8) is 0 Å². The Morgan fingerprint density at radius 1 is 1.29 bits per heavy atom. The van der Waals surface area contributed by atoms with Crippen LogP contribution in [0.3, 0.4) is 0 Å². The first kappa shape index (κ1) is 15.5. The van der Waals surface area contributed by atoms with E-state index in [0.29, 0.717) is 18.1 Å². The second-order valence-electron chi connectivity index (χ2n) is 5.06. The summed E-state index contributed by atoms with van der Waals surface area (Å²) in [6, 6.07) is 8.22. The molecule has 7 nitrogen and oxygen atoms in total. The lowest BCUT2D eigenvalue weighted by Gasteiger charge is -2.09. The molecule has 0 unspecified atom stereocenters. The molecule has 1 aromatic carbocycles. The standard InChI is InChI=1S/C17H16N4O3/c1-24-13-2-3-14(15(22)9-13)17(23)20-10-12-4-5-19-16(8-12)21-7-6-18-11-21/h2-9,11,22H,10H2,1H3,(H,20,23). The molecule has 7 heteroatoms. The largest absolute Gasteiger partial charge is 0.507 e. The van der Waals surface area contributed by atoms with Gasteiger partial charge in [-0.25, -0.2) is 9.97 Å². The van der Waals surface area contributed by atoms with E-state index in [1.54, 1.807) is 35.6 Å². The molecule has 0 radical (unpaired) electrons. The molecule has 2 heterocycles. The fourth-order valence-corrected chi connectivity index (χ4v) is 2.21. The van der Waals surface area contributed by atoms with Crippen LogP contribution in [-0.2, 0) is 6.54 Å². The minimum Gasteiger partial charge on any atom is -0.507 e. The molecule has 0 spiro atoms. The number of pyridine rings is 1. The first-order chi connectivity index (χ1) is 11.7. The van der Waals surface area contributed by atoms with Crippen molar-refractivity contribution in [2.24, 2.45) is 0 Å². The van der Waals surface area contributed by atoms with Crippen LogP contribution in [0.15, 0.2) is 55.2 Å². The highest BCUT2D eigenvalue weighted by Crippen LogP contribution is 2.23. The van der Waals surface area contributed by atoms with Gasteiger partial charge in [0.2, 0.25) is 0 Å². The number of nitrogens with one attached hydrogen (secondary N) is 1. The monoisotopic (exact) mass is 324 g/mol. The second-order valence-corrected chi connectivity index (χ2v) is 5.06. The van der Waals surface area contributed by atoms with Crippen molar-refractivity contribution >= 4 is 5.91 Å². The predicted octanol–water partition coefficient (Wildman–Crippen LogP) is 1.91. The number of benzene rings is 1. The molecule has 0 aliphatic carbocycles. The number of imidazole rings is 1. The van der Waals surface area contributed by atoms with Crippen LogP contribution in [0.25, 0.3) is 5.82 Å². The molecule has 24 heavy (non-hydrogen) atoms. The number of nitrogens with zero attached hydrogens (tertiary/aromatic N) is 3. The van der Waals surface area contributed by atoms with E-state index >= 15 is 0 Å². The number of amides is 1. The zero-order valence-electron chi connectivity index (χ0n) is 13.0. The van der Waals surface area contributed by atoms with Gasteiger partial charge in [0.25, 0.3) is 5.91 Å². The van der Waals surface area contributed by atoms with Gasteiger partial charge >= 0.3 is 0 Å². The number of carbonyl (C=O) groups is 1. The molecule has 0 saturated heterocycles. The Balaban J connectivity index is 1.69. The maximum absolute atomic E-state index is 12.2. The van der Waals surface area contributed by atoms with Gasteiger partial charge in [-0.3, -0.25) is 9.36 Å². The molecule has 0 aliphatic rings. The zero-order valence-corrected chi connectivity index (χ0v) is 13.0. The summed E-state index contributed by atoms with van der Waals surface area (Å²) in [6.45, 7) is 0.314. The summed E-state index contributed by atoms with van der Waals surface area (Å²) >= 11 is 0. The molecular weight excluding hydrogens is 308 g/mol. The normalized spacial score (nSPS) is 10.4. The van der Waals surface area contributed by atoms with E-state index in [0.717, 1.165) is 5.56 Å². The molecular formula is C17H16N4O3. The van der Waals surface area contributed by atoms with E-state index in [4.69, 9.17) is 4.74 Å². The first-order valence-electron chi connectivity index (χ1n) is 7.26. The van der Waals surface area contributed by atoms with E-state index in [1.165, 1.54) is 19.2 Å². The van der Waals surface area contributed by atoms with E-state index in [1.807, 2.05) is 12.1 Å². The lowest BCUT2D eigenvalue weighted by molar-refractivity contribution is 0.0948. The Bertz CT molecular complexity index is 847. The third-order valence-electron chi connectivity index (χ3n) is 3.48. The quantitative estimate of drug-likeness (QED) is 0.748. The number of phenolic OH excluding ortho intramolecular Hbond substituents is 1. The van der Waals surface area contributed by atoms with Crippen LogP contribution in [0.1, 0.15) is 15.9 Å². The Hall–Kier alpha value is -3.35.